The van der Waals surface area contributed by atoms with Gasteiger partial charge in [0.05, 0.1) is 7.11 Å². The Labute approximate surface area is 128 Å². The van der Waals surface area contributed by atoms with Gasteiger partial charge in [0.2, 0.25) is 5.75 Å². The maximum atomic E-state index is 5.58. The Morgan fingerprint density at radius 3 is 2.57 bits per heavy atom. The number of methoxy groups -OCH3 is 1. The van der Waals surface area contributed by atoms with Crippen molar-refractivity contribution in [1.29, 1.82) is 0 Å². The highest BCUT2D eigenvalue weighted by molar-refractivity contribution is 5.64. The summed E-state index contributed by atoms with van der Waals surface area (Å²) in [6.45, 7) is 9.76. The molecule has 118 valence electrons. The standard InChI is InChI=1S/C16H28N4O/c1-5-9-17-14-13(21-4)15(19-12-18-14)20-10-7-16(3,6-2)8-11-20/h12H,5-11H2,1-4H3,(H,17,18,19). The van der Waals surface area contributed by atoms with Crippen molar-refractivity contribution < 1.29 is 4.74 Å². The first-order chi connectivity index (χ1) is 10.1. The first kappa shape index (κ1) is 15.9. The lowest BCUT2D eigenvalue weighted by Crippen LogP contribution is -2.39. The van der Waals surface area contributed by atoms with Crippen LogP contribution in [0, 0.1) is 5.41 Å². The van der Waals surface area contributed by atoms with Crippen molar-refractivity contribution in [2.24, 2.45) is 5.41 Å². The van der Waals surface area contributed by atoms with Gasteiger partial charge < -0.3 is 15.0 Å². The molecule has 0 radical (unpaired) electrons. The van der Waals surface area contributed by atoms with E-state index in [1.165, 1.54) is 19.3 Å². The smallest absolute Gasteiger partial charge is 0.204 e. The van der Waals surface area contributed by atoms with Gasteiger partial charge >= 0.3 is 0 Å². The molecule has 0 saturated carbocycles. The number of ether oxygens (including phenoxy) is 1. The zero-order valence-electron chi connectivity index (χ0n) is 13.8. The van der Waals surface area contributed by atoms with Crippen LogP contribution in [0.3, 0.4) is 0 Å². The largest absolute Gasteiger partial charge is 0.490 e. The number of piperidine rings is 1. The summed E-state index contributed by atoms with van der Waals surface area (Å²) in [5.41, 5.74) is 0.472. The lowest BCUT2D eigenvalue weighted by molar-refractivity contribution is 0.237. The Morgan fingerprint density at radius 1 is 1.29 bits per heavy atom. The average Bonchev–Trinajstić information content (AvgIpc) is 2.53. The van der Waals surface area contributed by atoms with Crippen LogP contribution in [0.4, 0.5) is 11.6 Å². The molecule has 1 aliphatic heterocycles. The van der Waals surface area contributed by atoms with Crippen LogP contribution < -0.4 is 15.0 Å². The number of hydrogen-bond acceptors (Lipinski definition) is 5. The van der Waals surface area contributed by atoms with E-state index in [-0.39, 0.29) is 0 Å². The summed E-state index contributed by atoms with van der Waals surface area (Å²) in [5.74, 6) is 2.49. The highest BCUT2D eigenvalue weighted by Gasteiger charge is 2.30. The summed E-state index contributed by atoms with van der Waals surface area (Å²) in [7, 11) is 1.69. The lowest BCUT2D eigenvalue weighted by Gasteiger charge is -2.39. The van der Waals surface area contributed by atoms with Gasteiger partial charge in [0.1, 0.15) is 6.33 Å². The van der Waals surface area contributed by atoms with Crippen LogP contribution in [0.1, 0.15) is 46.5 Å². The van der Waals surface area contributed by atoms with Crippen molar-refractivity contribution >= 4 is 11.6 Å². The Bertz CT molecular complexity index is 456. The van der Waals surface area contributed by atoms with Crippen LogP contribution in [-0.4, -0.2) is 36.7 Å². The summed E-state index contributed by atoms with van der Waals surface area (Å²) in [5, 5.41) is 3.32. The molecule has 1 aliphatic rings. The molecule has 2 rings (SSSR count). The highest BCUT2D eigenvalue weighted by atomic mass is 16.5. The quantitative estimate of drug-likeness (QED) is 0.871. The number of nitrogens with zero attached hydrogens (tertiary/aromatic N) is 3. The van der Waals surface area contributed by atoms with Crippen molar-refractivity contribution in [2.75, 3.05) is 37.0 Å². The molecule has 1 N–H and O–H groups in total. The number of nitrogens with one attached hydrogen (secondary N) is 1. The maximum absolute atomic E-state index is 5.58. The fourth-order valence-corrected chi connectivity index (χ4v) is 2.76. The molecule has 2 heterocycles. The van der Waals surface area contributed by atoms with Crippen LogP contribution in [0.2, 0.25) is 0 Å². The molecular formula is C16H28N4O. The molecule has 0 spiro atoms. The normalized spacial score (nSPS) is 17.6. The fourth-order valence-electron chi connectivity index (χ4n) is 2.76. The first-order valence-corrected chi connectivity index (χ1v) is 8.01. The zero-order chi connectivity index (χ0) is 15.3. The molecule has 1 fully saturated rings. The number of anilines is 2. The Morgan fingerprint density at radius 2 is 2.00 bits per heavy atom. The third kappa shape index (κ3) is 3.57. The van der Waals surface area contributed by atoms with Crippen molar-refractivity contribution in [3.05, 3.63) is 6.33 Å². The van der Waals surface area contributed by atoms with Gasteiger partial charge in [-0.1, -0.05) is 27.2 Å². The van der Waals surface area contributed by atoms with Crippen LogP contribution >= 0.6 is 0 Å². The molecule has 0 unspecified atom stereocenters. The number of aromatic nitrogens is 2. The molecular weight excluding hydrogens is 264 g/mol. The molecule has 5 nitrogen and oxygen atoms in total. The molecule has 0 bridgehead atoms. The van der Waals surface area contributed by atoms with Crippen molar-refractivity contribution in [1.82, 2.24) is 9.97 Å². The van der Waals surface area contributed by atoms with E-state index in [4.69, 9.17) is 4.74 Å². The van der Waals surface area contributed by atoms with Crippen molar-refractivity contribution in [3.8, 4) is 5.75 Å². The minimum Gasteiger partial charge on any atom is -0.490 e. The topological polar surface area (TPSA) is 50.3 Å². The Balaban J connectivity index is 2.16. The average molecular weight is 292 g/mol. The van der Waals surface area contributed by atoms with E-state index < -0.39 is 0 Å². The molecule has 1 saturated heterocycles. The third-order valence-electron chi connectivity index (χ3n) is 4.66. The van der Waals surface area contributed by atoms with E-state index in [2.05, 4.69) is 41.0 Å². The Hall–Kier alpha value is -1.52. The maximum Gasteiger partial charge on any atom is 0.204 e. The molecule has 0 aliphatic carbocycles. The predicted molar refractivity (Wildman–Crippen MR) is 87.2 cm³/mol. The predicted octanol–water partition coefficient (Wildman–Crippen LogP) is 3.32. The monoisotopic (exact) mass is 292 g/mol. The van der Waals surface area contributed by atoms with Crippen LogP contribution in [0.15, 0.2) is 6.33 Å². The van der Waals surface area contributed by atoms with Crippen LogP contribution in [0.5, 0.6) is 5.75 Å². The molecule has 0 aromatic carbocycles. The zero-order valence-corrected chi connectivity index (χ0v) is 13.8. The van der Waals surface area contributed by atoms with Gasteiger partial charge in [0.15, 0.2) is 11.6 Å². The molecule has 1 aromatic rings. The van der Waals surface area contributed by atoms with E-state index in [1.807, 2.05) is 0 Å². The second-order valence-electron chi connectivity index (χ2n) is 6.16. The number of rotatable bonds is 6. The van der Waals surface area contributed by atoms with E-state index in [0.717, 1.165) is 43.4 Å². The molecule has 0 atom stereocenters. The number of hydrogen-bond donors (Lipinski definition) is 1. The fraction of sp³-hybridized carbons (Fsp3) is 0.750. The molecule has 1 aromatic heterocycles. The van der Waals surface area contributed by atoms with Gasteiger partial charge in [-0.3, -0.25) is 0 Å². The molecule has 21 heavy (non-hydrogen) atoms. The van der Waals surface area contributed by atoms with E-state index in [0.29, 0.717) is 5.41 Å². The second kappa shape index (κ2) is 6.96. The summed E-state index contributed by atoms with van der Waals surface area (Å²) < 4.78 is 5.58. The summed E-state index contributed by atoms with van der Waals surface area (Å²) in [4.78, 5) is 11.1. The SMILES string of the molecule is CCCNc1ncnc(N2CCC(C)(CC)CC2)c1OC. The Kier molecular flexibility index (Phi) is 5.26. The lowest BCUT2D eigenvalue weighted by atomic mass is 9.78. The van der Waals surface area contributed by atoms with Crippen molar-refractivity contribution in [2.45, 2.75) is 46.5 Å². The van der Waals surface area contributed by atoms with Gasteiger partial charge in [-0.2, -0.15) is 0 Å². The third-order valence-corrected chi connectivity index (χ3v) is 4.66. The molecule has 0 amide bonds. The van der Waals surface area contributed by atoms with Crippen LogP contribution in [-0.2, 0) is 0 Å². The summed E-state index contributed by atoms with van der Waals surface area (Å²) >= 11 is 0. The minimum absolute atomic E-state index is 0.472. The van der Waals surface area contributed by atoms with Gasteiger partial charge in [-0.15, -0.1) is 0 Å². The van der Waals surface area contributed by atoms with Gasteiger partial charge in [-0.25, -0.2) is 9.97 Å². The van der Waals surface area contributed by atoms with Gasteiger partial charge in [0, 0.05) is 19.6 Å². The van der Waals surface area contributed by atoms with E-state index >= 15 is 0 Å². The van der Waals surface area contributed by atoms with Crippen LogP contribution in [0.25, 0.3) is 0 Å². The first-order valence-electron chi connectivity index (χ1n) is 8.01. The minimum atomic E-state index is 0.472. The summed E-state index contributed by atoms with van der Waals surface area (Å²) in [6, 6.07) is 0. The van der Waals surface area contributed by atoms with E-state index in [9.17, 15) is 0 Å². The highest BCUT2D eigenvalue weighted by Crippen LogP contribution is 2.39. The molecule has 5 heteroatoms. The van der Waals surface area contributed by atoms with Gasteiger partial charge in [-0.05, 0) is 24.7 Å². The summed E-state index contributed by atoms with van der Waals surface area (Å²) in [6.07, 6.45) is 6.33. The van der Waals surface area contributed by atoms with E-state index in [1.54, 1.807) is 13.4 Å². The van der Waals surface area contributed by atoms with Crippen molar-refractivity contribution in [3.63, 3.8) is 0 Å². The van der Waals surface area contributed by atoms with Gasteiger partial charge in [0.25, 0.3) is 0 Å². The second-order valence-corrected chi connectivity index (χ2v) is 6.16.